The number of hydrogen-bond donors (Lipinski definition) is 1. The van der Waals surface area contributed by atoms with Crippen LogP contribution in [0.25, 0.3) is 0 Å². The van der Waals surface area contributed by atoms with E-state index in [9.17, 15) is 0 Å². The van der Waals surface area contributed by atoms with Gasteiger partial charge in [-0.25, -0.2) is 15.0 Å². The number of ether oxygens (including phenoxy) is 1. The van der Waals surface area contributed by atoms with Crippen molar-refractivity contribution in [3.63, 3.8) is 0 Å². The van der Waals surface area contributed by atoms with Gasteiger partial charge in [0, 0.05) is 6.20 Å². The summed E-state index contributed by atoms with van der Waals surface area (Å²) >= 11 is 3.29. The van der Waals surface area contributed by atoms with E-state index in [4.69, 9.17) is 4.74 Å². The molecule has 0 saturated carbocycles. The van der Waals surface area contributed by atoms with Crippen molar-refractivity contribution in [2.75, 3.05) is 12.4 Å². The van der Waals surface area contributed by atoms with Gasteiger partial charge in [-0.05, 0) is 22.0 Å². The molecule has 2 aromatic rings. The minimum absolute atomic E-state index is 0.490. The standard InChI is InChI=1S/C10H10BrN5O/c1-17-9-8(11)5-14-10(16-9)13-4-7-2-3-12-6-15-7/h2-3,5-6H,4H2,1H3,(H,13,14,16). The zero-order valence-electron chi connectivity index (χ0n) is 9.09. The van der Waals surface area contributed by atoms with Crippen molar-refractivity contribution < 1.29 is 4.74 Å². The van der Waals surface area contributed by atoms with Crippen LogP contribution in [0, 0.1) is 0 Å². The molecule has 0 amide bonds. The maximum atomic E-state index is 5.07. The number of anilines is 1. The molecule has 0 aromatic carbocycles. The van der Waals surface area contributed by atoms with Gasteiger partial charge >= 0.3 is 0 Å². The van der Waals surface area contributed by atoms with Crippen molar-refractivity contribution >= 4 is 21.9 Å². The van der Waals surface area contributed by atoms with Gasteiger partial charge in [0.05, 0.1) is 30.0 Å². The van der Waals surface area contributed by atoms with Gasteiger partial charge in [-0.3, -0.25) is 0 Å². The molecule has 2 rings (SSSR count). The molecular weight excluding hydrogens is 286 g/mol. The van der Waals surface area contributed by atoms with E-state index in [1.165, 1.54) is 6.33 Å². The van der Waals surface area contributed by atoms with Crippen LogP contribution in [0.2, 0.25) is 0 Å². The van der Waals surface area contributed by atoms with Crippen molar-refractivity contribution in [3.8, 4) is 5.88 Å². The number of rotatable bonds is 4. The third kappa shape index (κ3) is 3.10. The Labute approximate surface area is 107 Å². The molecule has 0 aliphatic heterocycles. The smallest absolute Gasteiger partial charge is 0.232 e. The summed E-state index contributed by atoms with van der Waals surface area (Å²) in [5.74, 6) is 0.980. The van der Waals surface area contributed by atoms with Crippen LogP contribution >= 0.6 is 15.9 Å². The summed E-state index contributed by atoms with van der Waals surface area (Å²) in [6.45, 7) is 0.535. The molecule has 0 saturated heterocycles. The molecule has 7 heteroatoms. The van der Waals surface area contributed by atoms with Crippen molar-refractivity contribution in [1.82, 2.24) is 19.9 Å². The lowest BCUT2D eigenvalue weighted by molar-refractivity contribution is 0.394. The second-order valence-electron chi connectivity index (χ2n) is 3.11. The summed E-state index contributed by atoms with van der Waals surface area (Å²) in [6.07, 6.45) is 4.82. The van der Waals surface area contributed by atoms with Crippen LogP contribution in [-0.4, -0.2) is 27.0 Å². The molecule has 88 valence electrons. The molecule has 0 aliphatic carbocycles. The molecular formula is C10H10BrN5O. The van der Waals surface area contributed by atoms with Crippen LogP contribution in [0.5, 0.6) is 5.88 Å². The van der Waals surface area contributed by atoms with E-state index in [-0.39, 0.29) is 0 Å². The molecule has 17 heavy (non-hydrogen) atoms. The highest BCUT2D eigenvalue weighted by molar-refractivity contribution is 9.10. The average Bonchev–Trinajstić information content (AvgIpc) is 2.39. The van der Waals surface area contributed by atoms with E-state index in [1.807, 2.05) is 6.07 Å². The predicted molar refractivity (Wildman–Crippen MR) is 65.6 cm³/mol. The third-order valence-electron chi connectivity index (χ3n) is 1.98. The number of nitrogens with one attached hydrogen (secondary N) is 1. The van der Waals surface area contributed by atoms with Gasteiger partial charge in [0.1, 0.15) is 6.33 Å². The van der Waals surface area contributed by atoms with E-state index in [2.05, 4.69) is 41.2 Å². The molecule has 0 unspecified atom stereocenters. The summed E-state index contributed by atoms with van der Waals surface area (Å²) < 4.78 is 5.79. The minimum atomic E-state index is 0.490. The van der Waals surface area contributed by atoms with Crippen molar-refractivity contribution in [1.29, 1.82) is 0 Å². The monoisotopic (exact) mass is 295 g/mol. The Morgan fingerprint density at radius 2 is 2.29 bits per heavy atom. The first-order chi connectivity index (χ1) is 8.29. The van der Waals surface area contributed by atoms with Gasteiger partial charge in [0.15, 0.2) is 0 Å². The van der Waals surface area contributed by atoms with Crippen LogP contribution < -0.4 is 10.1 Å². The molecule has 0 radical (unpaired) electrons. The molecule has 6 nitrogen and oxygen atoms in total. The Morgan fingerprint density at radius 3 is 3.00 bits per heavy atom. The second kappa shape index (κ2) is 5.53. The number of aromatic nitrogens is 4. The quantitative estimate of drug-likeness (QED) is 0.925. The Bertz CT molecular complexity index is 493. The summed E-state index contributed by atoms with van der Waals surface area (Å²) in [4.78, 5) is 16.2. The first-order valence-corrected chi connectivity index (χ1v) is 5.64. The summed E-state index contributed by atoms with van der Waals surface area (Å²) in [5.41, 5.74) is 0.866. The predicted octanol–water partition coefficient (Wildman–Crippen LogP) is 1.65. The van der Waals surface area contributed by atoms with E-state index in [1.54, 1.807) is 19.5 Å². The zero-order valence-corrected chi connectivity index (χ0v) is 10.7. The zero-order chi connectivity index (χ0) is 12.1. The average molecular weight is 296 g/mol. The van der Waals surface area contributed by atoms with Crippen LogP contribution in [0.4, 0.5) is 5.95 Å². The SMILES string of the molecule is COc1nc(NCc2ccncn2)ncc1Br. The normalized spacial score (nSPS) is 10.0. The lowest BCUT2D eigenvalue weighted by Crippen LogP contribution is -2.05. The lowest BCUT2D eigenvalue weighted by atomic mass is 10.4. The molecule has 0 spiro atoms. The fourth-order valence-electron chi connectivity index (χ4n) is 1.17. The minimum Gasteiger partial charge on any atom is -0.480 e. The molecule has 1 N–H and O–H groups in total. The largest absolute Gasteiger partial charge is 0.480 e. The Balaban J connectivity index is 2.04. The van der Waals surface area contributed by atoms with Crippen LogP contribution in [0.1, 0.15) is 5.69 Å². The van der Waals surface area contributed by atoms with Gasteiger partial charge in [-0.1, -0.05) is 0 Å². The highest BCUT2D eigenvalue weighted by Gasteiger charge is 2.04. The Kier molecular flexibility index (Phi) is 3.81. The number of halogens is 1. The second-order valence-corrected chi connectivity index (χ2v) is 3.96. The number of nitrogens with zero attached hydrogens (tertiary/aromatic N) is 4. The van der Waals surface area contributed by atoms with Crippen molar-refractivity contribution in [2.45, 2.75) is 6.54 Å². The summed E-state index contributed by atoms with van der Waals surface area (Å²) in [5, 5.41) is 3.05. The van der Waals surface area contributed by atoms with Crippen LogP contribution in [-0.2, 0) is 6.54 Å². The van der Waals surface area contributed by atoms with Crippen molar-refractivity contribution in [3.05, 3.63) is 35.0 Å². The van der Waals surface area contributed by atoms with Gasteiger partial charge in [0.25, 0.3) is 0 Å². The molecule has 0 fully saturated rings. The fraction of sp³-hybridized carbons (Fsp3) is 0.200. The van der Waals surface area contributed by atoms with Gasteiger partial charge in [-0.15, -0.1) is 0 Å². The molecule has 0 aliphatic rings. The highest BCUT2D eigenvalue weighted by Crippen LogP contribution is 2.21. The number of hydrogen-bond acceptors (Lipinski definition) is 6. The van der Waals surface area contributed by atoms with Gasteiger partial charge in [0.2, 0.25) is 11.8 Å². The molecule has 0 bridgehead atoms. The maximum Gasteiger partial charge on any atom is 0.232 e. The maximum absolute atomic E-state index is 5.07. The first kappa shape index (κ1) is 11.7. The molecule has 2 heterocycles. The highest BCUT2D eigenvalue weighted by atomic mass is 79.9. The lowest BCUT2D eigenvalue weighted by Gasteiger charge is -2.06. The van der Waals surface area contributed by atoms with Crippen molar-refractivity contribution in [2.24, 2.45) is 0 Å². The van der Waals surface area contributed by atoms with E-state index >= 15 is 0 Å². The summed E-state index contributed by atoms with van der Waals surface area (Å²) in [7, 11) is 1.56. The molecule has 0 atom stereocenters. The summed E-state index contributed by atoms with van der Waals surface area (Å²) in [6, 6.07) is 1.82. The van der Waals surface area contributed by atoms with Gasteiger partial charge < -0.3 is 10.1 Å². The third-order valence-corrected chi connectivity index (χ3v) is 2.52. The molecule has 2 aromatic heterocycles. The van der Waals surface area contributed by atoms with Crippen LogP contribution in [0.15, 0.2) is 29.3 Å². The van der Waals surface area contributed by atoms with E-state index in [0.29, 0.717) is 22.8 Å². The topological polar surface area (TPSA) is 72.8 Å². The fourth-order valence-corrected chi connectivity index (χ4v) is 1.52. The number of methoxy groups -OCH3 is 1. The van der Waals surface area contributed by atoms with Gasteiger partial charge in [-0.2, -0.15) is 4.98 Å². The Hall–Kier alpha value is -1.76. The van der Waals surface area contributed by atoms with E-state index < -0.39 is 0 Å². The van der Waals surface area contributed by atoms with Crippen LogP contribution in [0.3, 0.4) is 0 Å². The first-order valence-electron chi connectivity index (χ1n) is 4.85. The van der Waals surface area contributed by atoms with E-state index in [0.717, 1.165) is 5.69 Å². The Morgan fingerprint density at radius 1 is 1.41 bits per heavy atom.